The normalized spacial score (nSPS) is 22.0. The van der Waals surface area contributed by atoms with Crippen molar-refractivity contribution in [1.82, 2.24) is 9.21 Å². The largest absolute Gasteiger partial charge is 0.370 e. The number of likely N-dealkylation sites (tertiary alicyclic amines) is 1. The molecule has 3 aliphatic rings. The Kier molecular flexibility index (Phi) is 7.28. The van der Waals surface area contributed by atoms with Gasteiger partial charge in [0.2, 0.25) is 21.8 Å². The van der Waals surface area contributed by atoms with Crippen LogP contribution in [-0.4, -0.2) is 68.2 Å². The summed E-state index contributed by atoms with van der Waals surface area (Å²) in [6.45, 7) is 6.60. The quantitative estimate of drug-likeness (QED) is 0.623. The molecule has 0 radical (unpaired) electrons. The van der Waals surface area contributed by atoms with Crippen LogP contribution >= 0.6 is 0 Å². The zero-order valence-corrected chi connectivity index (χ0v) is 20.6. The number of anilines is 2. The van der Waals surface area contributed by atoms with Gasteiger partial charge in [-0.1, -0.05) is 26.7 Å². The number of carbonyl (C=O) groups excluding carboxylic acids is 2. The standard InChI is InChI=1S/C24H36N4O4S/c1-3-27(4-2)33(31,32)20-11-12-22(26-13-7-8-14-26)21(16-20)25-24(30)18-15-23(29)28(17-18)19-9-5-6-10-19/h11-12,16,18-19H,3-10,13-15,17H2,1-2H3,(H,25,30). The minimum atomic E-state index is -3.65. The molecule has 1 unspecified atom stereocenters. The van der Waals surface area contributed by atoms with Crippen LogP contribution in [0.5, 0.6) is 0 Å². The zero-order valence-electron chi connectivity index (χ0n) is 19.8. The lowest BCUT2D eigenvalue weighted by Crippen LogP contribution is -2.35. The van der Waals surface area contributed by atoms with Crippen molar-refractivity contribution < 1.29 is 18.0 Å². The molecule has 1 aliphatic carbocycles. The van der Waals surface area contributed by atoms with Gasteiger partial charge in [0.05, 0.1) is 22.2 Å². The predicted octanol–water partition coefficient (Wildman–Crippen LogP) is 3.05. The molecule has 0 aromatic heterocycles. The van der Waals surface area contributed by atoms with Crippen LogP contribution in [0.15, 0.2) is 23.1 Å². The molecule has 3 fully saturated rings. The van der Waals surface area contributed by atoms with E-state index in [0.717, 1.165) is 57.3 Å². The SMILES string of the molecule is CCN(CC)S(=O)(=O)c1ccc(N2CCCC2)c(NC(=O)C2CC(=O)N(C3CCCC3)C2)c1. The third kappa shape index (κ3) is 4.89. The molecule has 33 heavy (non-hydrogen) atoms. The van der Waals surface area contributed by atoms with Crippen molar-refractivity contribution in [2.75, 3.05) is 42.9 Å². The summed E-state index contributed by atoms with van der Waals surface area (Å²) in [5.41, 5.74) is 1.36. The Labute approximate surface area is 197 Å². The topological polar surface area (TPSA) is 90.0 Å². The van der Waals surface area contributed by atoms with Crippen molar-refractivity contribution in [3.63, 3.8) is 0 Å². The molecule has 9 heteroatoms. The van der Waals surface area contributed by atoms with Crippen molar-refractivity contribution >= 4 is 33.2 Å². The number of carbonyl (C=O) groups is 2. The Bertz CT molecular complexity index is 980. The molecular formula is C24H36N4O4S. The number of nitrogens with one attached hydrogen (secondary N) is 1. The van der Waals surface area contributed by atoms with Gasteiger partial charge in [0.15, 0.2) is 0 Å². The molecular weight excluding hydrogens is 440 g/mol. The molecule has 0 bridgehead atoms. The number of amides is 2. The first-order chi connectivity index (χ1) is 15.8. The Balaban J connectivity index is 1.58. The predicted molar refractivity (Wildman–Crippen MR) is 129 cm³/mol. The molecule has 1 atom stereocenters. The van der Waals surface area contributed by atoms with E-state index >= 15 is 0 Å². The Hall–Kier alpha value is -2.13. The van der Waals surface area contributed by atoms with Crippen molar-refractivity contribution in [1.29, 1.82) is 0 Å². The Morgan fingerprint density at radius 3 is 2.39 bits per heavy atom. The van der Waals surface area contributed by atoms with Crippen molar-refractivity contribution in [3.8, 4) is 0 Å². The maximum atomic E-state index is 13.2. The van der Waals surface area contributed by atoms with Gasteiger partial charge in [-0.05, 0) is 43.9 Å². The van der Waals surface area contributed by atoms with E-state index in [1.807, 2.05) is 24.8 Å². The third-order valence-corrected chi connectivity index (χ3v) is 9.36. The highest BCUT2D eigenvalue weighted by atomic mass is 32.2. The van der Waals surface area contributed by atoms with Gasteiger partial charge in [-0.2, -0.15) is 4.31 Å². The minimum Gasteiger partial charge on any atom is -0.370 e. The third-order valence-electron chi connectivity index (χ3n) is 7.31. The molecule has 2 amide bonds. The van der Waals surface area contributed by atoms with Crippen LogP contribution in [0.4, 0.5) is 11.4 Å². The number of benzene rings is 1. The highest BCUT2D eigenvalue weighted by Crippen LogP contribution is 2.34. The molecule has 1 aromatic rings. The van der Waals surface area contributed by atoms with Gasteiger partial charge in [-0.25, -0.2) is 8.42 Å². The van der Waals surface area contributed by atoms with Gasteiger partial charge in [0.1, 0.15) is 0 Å². The summed E-state index contributed by atoms with van der Waals surface area (Å²) in [4.78, 5) is 30.1. The molecule has 2 aliphatic heterocycles. The number of rotatable bonds is 8. The van der Waals surface area contributed by atoms with E-state index in [4.69, 9.17) is 0 Å². The van der Waals surface area contributed by atoms with Crippen LogP contribution in [0, 0.1) is 5.92 Å². The molecule has 1 aromatic carbocycles. The number of nitrogens with zero attached hydrogens (tertiary/aromatic N) is 3. The lowest BCUT2D eigenvalue weighted by molar-refractivity contribution is -0.129. The van der Waals surface area contributed by atoms with E-state index < -0.39 is 15.9 Å². The number of hydrogen-bond donors (Lipinski definition) is 1. The highest BCUT2D eigenvalue weighted by molar-refractivity contribution is 7.89. The molecule has 0 spiro atoms. The van der Waals surface area contributed by atoms with Crippen molar-refractivity contribution in [2.45, 2.75) is 69.7 Å². The first kappa shape index (κ1) is 24.0. The van der Waals surface area contributed by atoms with Crippen LogP contribution in [0.2, 0.25) is 0 Å². The summed E-state index contributed by atoms with van der Waals surface area (Å²) in [6.07, 6.45) is 6.67. The average Bonchev–Trinajstić information content (AvgIpc) is 3.56. The summed E-state index contributed by atoms with van der Waals surface area (Å²) < 4.78 is 27.6. The first-order valence-corrected chi connectivity index (χ1v) is 13.8. The lowest BCUT2D eigenvalue weighted by Gasteiger charge is -2.25. The lowest BCUT2D eigenvalue weighted by atomic mass is 10.1. The maximum Gasteiger partial charge on any atom is 0.243 e. The highest BCUT2D eigenvalue weighted by Gasteiger charge is 2.39. The molecule has 1 saturated carbocycles. The van der Waals surface area contributed by atoms with Crippen molar-refractivity contribution in [3.05, 3.63) is 18.2 Å². The molecule has 4 rings (SSSR count). The monoisotopic (exact) mass is 476 g/mol. The number of sulfonamides is 1. The Morgan fingerprint density at radius 2 is 1.76 bits per heavy atom. The molecule has 2 heterocycles. The fourth-order valence-electron chi connectivity index (χ4n) is 5.43. The van der Waals surface area contributed by atoms with E-state index in [9.17, 15) is 18.0 Å². The van der Waals surface area contributed by atoms with Crippen LogP contribution in [0.3, 0.4) is 0 Å². The van der Waals surface area contributed by atoms with E-state index in [1.165, 1.54) is 4.31 Å². The maximum absolute atomic E-state index is 13.2. The second-order valence-corrected chi connectivity index (χ2v) is 11.3. The van der Waals surface area contributed by atoms with Gasteiger partial charge in [0, 0.05) is 45.2 Å². The summed E-state index contributed by atoms with van der Waals surface area (Å²) in [6, 6.07) is 5.29. The average molecular weight is 477 g/mol. The summed E-state index contributed by atoms with van der Waals surface area (Å²) in [5.74, 6) is -0.561. The van der Waals surface area contributed by atoms with Gasteiger partial charge in [-0.15, -0.1) is 0 Å². The summed E-state index contributed by atoms with van der Waals surface area (Å²) in [7, 11) is -3.65. The van der Waals surface area contributed by atoms with Crippen molar-refractivity contribution in [2.24, 2.45) is 5.92 Å². The van der Waals surface area contributed by atoms with Crippen LogP contribution in [-0.2, 0) is 19.6 Å². The smallest absolute Gasteiger partial charge is 0.243 e. The zero-order chi connectivity index (χ0) is 23.6. The minimum absolute atomic E-state index is 0.0553. The van der Waals surface area contributed by atoms with Crippen LogP contribution in [0.25, 0.3) is 0 Å². The second-order valence-electron chi connectivity index (χ2n) is 9.34. The first-order valence-electron chi connectivity index (χ1n) is 12.3. The fraction of sp³-hybridized carbons (Fsp3) is 0.667. The van der Waals surface area contributed by atoms with Crippen LogP contribution < -0.4 is 10.2 Å². The second kappa shape index (κ2) is 10.0. The summed E-state index contributed by atoms with van der Waals surface area (Å²) in [5, 5.41) is 3.01. The van der Waals surface area contributed by atoms with Gasteiger partial charge in [-0.3, -0.25) is 9.59 Å². The Morgan fingerprint density at radius 1 is 1.09 bits per heavy atom. The van der Waals surface area contributed by atoms with Gasteiger partial charge in [0.25, 0.3) is 0 Å². The van der Waals surface area contributed by atoms with E-state index in [1.54, 1.807) is 12.1 Å². The molecule has 1 N–H and O–H groups in total. The van der Waals surface area contributed by atoms with E-state index in [0.29, 0.717) is 25.3 Å². The molecule has 182 valence electrons. The van der Waals surface area contributed by atoms with Crippen LogP contribution in [0.1, 0.15) is 58.8 Å². The van der Waals surface area contributed by atoms with E-state index in [2.05, 4.69) is 10.2 Å². The fourth-order valence-corrected chi connectivity index (χ4v) is 6.92. The van der Waals surface area contributed by atoms with E-state index in [-0.39, 0.29) is 29.2 Å². The molecule has 8 nitrogen and oxygen atoms in total. The summed E-state index contributed by atoms with van der Waals surface area (Å²) >= 11 is 0. The van der Waals surface area contributed by atoms with Gasteiger partial charge < -0.3 is 15.1 Å². The van der Waals surface area contributed by atoms with Gasteiger partial charge >= 0.3 is 0 Å². The molecule has 2 saturated heterocycles. The number of hydrogen-bond acceptors (Lipinski definition) is 5.